The Morgan fingerprint density at radius 1 is 1.19 bits per heavy atom. The third kappa shape index (κ3) is 3.47. The van der Waals surface area contributed by atoms with E-state index in [0.717, 1.165) is 24.3 Å². The van der Waals surface area contributed by atoms with Crippen LogP contribution < -0.4 is 10.3 Å². The van der Waals surface area contributed by atoms with Crippen molar-refractivity contribution in [2.75, 3.05) is 0 Å². The second kappa shape index (κ2) is 5.66. The van der Waals surface area contributed by atoms with Gasteiger partial charge in [-0.3, -0.25) is 10.2 Å². The molecule has 0 saturated carbocycles. The van der Waals surface area contributed by atoms with Gasteiger partial charge in [-0.1, -0.05) is 0 Å². The lowest BCUT2D eigenvalue weighted by Crippen LogP contribution is -2.41. The lowest BCUT2D eigenvalue weighted by Gasteiger charge is -2.07. The van der Waals surface area contributed by atoms with Crippen LogP contribution >= 0.6 is 0 Å². The maximum atomic E-state index is 12.8. The second-order valence-corrected chi connectivity index (χ2v) is 6.02. The summed E-state index contributed by atoms with van der Waals surface area (Å²) in [4.78, 5) is 13.6. The quantitative estimate of drug-likeness (QED) is 0.840. The van der Waals surface area contributed by atoms with Gasteiger partial charge >= 0.3 is 0 Å². The zero-order valence-electron chi connectivity index (χ0n) is 11.3. The second-order valence-electron chi connectivity index (χ2n) is 4.34. The number of hydrogen-bond donors (Lipinski definition) is 2. The van der Waals surface area contributed by atoms with Crippen molar-refractivity contribution in [3.8, 4) is 0 Å². The standard InChI is InChI=1S/C13H13FN2O4S/c1-8-7-12(9(2)20-8)13(17)15-16-21(18,19)11-5-3-10(14)4-6-11/h3-7,16H,1-2H3,(H,15,17). The van der Waals surface area contributed by atoms with E-state index in [1.54, 1.807) is 13.8 Å². The largest absolute Gasteiger partial charge is 0.466 e. The lowest BCUT2D eigenvalue weighted by molar-refractivity contribution is 0.0943. The molecule has 0 aliphatic heterocycles. The van der Waals surface area contributed by atoms with E-state index in [1.165, 1.54) is 6.07 Å². The molecular weight excluding hydrogens is 299 g/mol. The van der Waals surface area contributed by atoms with Gasteiger partial charge in [0, 0.05) is 0 Å². The molecule has 112 valence electrons. The number of aryl methyl sites for hydroxylation is 2. The summed E-state index contributed by atoms with van der Waals surface area (Å²) in [5, 5.41) is 0. The van der Waals surface area contributed by atoms with Gasteiger partial charge in [0.15, 0.2) is 0 Å². The van der Waals surface area contributed by atoms with Crippen LogP contribution in [0.5, 0.6) is 0 Å². The van der Waals surface area contributed by atoms with E-state index >= 15 is 0 Å². The number of benzene rings is 1. The van der Waals surface area contributed by atoms with Crippen LogP contribution in [0.2, 0.25) is 0 Å². The number of hydrazine groups is 1. The number of carbonyl (C=O) groups excluding carboxylic acids is 1. The van der Waals surface area contributed by atoms with Crippen molar-refractivity contribution in [1.29, 1.82) is 0 Å². The van der Waals surface area contributed by atoms with Crippen LogP contribution in [-0.2, 0) is 10.0 Å². The number of nitrogens with one attached hydrogen (secondary N) is 2. The summed E-state index contributed by atoms with van der Waals surface area (Å²) < 4.78 is 41.7. The fourth-order valence-electron chi connectivity index (χ4n) is 1.71. The van der Waals surface area contributed by atoms with Gasteiger partial charge in [-0.2, -0.15) is 0 Å². The number of amides is 1. The summed E-state index contributed by atoms with van der Waals surface area (Å²) in [5.74, 6) is -0.275. The number of halogens is 1. The Bertz CT molecular complexity index is 766. The Labute approximate surface area is 121 Å². The van der Waals surface area contributed by atoms with Crippen molar-refractivity contribution >= 4 is 15.9 Å². The average Bonchev–Trinajstić information content (AvgIpc) is 2.76. The van der Waals surface area contributed by atoms with Gasteiger partial charge in [0.1, 0.15) is 17.3 Å². The summed E-state index contributed by atoms with van der Waals surface area (Å²) in [6.07, 6.45) is 0. The maximum absolute atomic E-state index is 12.8. The highest BCUT2D eigenvalue weighted by Gasteiger charge is 2.18. The first-order chi connectivity index (χ1) is 9.79. The Balaban J connectivity index is 2.10. The summed E-state index contributed by atoms with van der Waals surface area (Å²) in [6.45, 7) is 3.27. The highest BCUT2D eigenvalue weighted by Crippen LogP contribution is 2.13. The molecule has 0 radical (unpaired) electrons. The van der Waals surface area contributed by atoms with Gasteiger partial charge in [0.2, 0.25) is 0 Å². The maximum Gasteiger partial charge on any atom is 0.269 e. The van der Waals surface area contributed by atoms with Crippen molar-refractivity contribution in [1.82, 2.24) is 10.3 Å². The third-order valence-corrected chi connectivity index (χ3v) is 3.97. The van der Waals surface area contributed by atoms with Crippen LogP contribution in [-0.4, -0.2) is 14.3 Å². The molecule has 1 amide bonds. The van der Waals surface area contributed by atoms with Crippen LogP contribution in [0, 0.1) is 19.7 Å². The van der Waals surface area contributed by atoms with Gasteiger partial charge in [0.25, 0.3) is 15.9 Å². The SMILES string of the molecule is Cc1cc(C(=O)NNS(=O)(=O)c2ccc(F)cc2)c(C)o1. The van der Waals surface area contributed by atoms with Crippen molar-refractivity contribution in [3.05, 3.63) is 53.2 Å². The minimum Gasteiger partial charge on any atom is -0.466 e. The van der Waals surface area contributed by atoms with Crippen LogP contribution in [0.4, 0.5) is 4.39 Å². The topological polar surface area (TPSA) is 88.4 Å². The molecule has 6 nitrogen and oxygen atoms in total. The van der Waals surface area contributed by atoms with E-state index in [4.69, 9.17) is 4.42 Å². The van der Waals surface area contributed by atoms with E-state index in [9.17, 15) is 17.6 Å². The first kappa shape index (κ1) is 15.2. The summed E-state index contributed by atoms with van der Waals surface area (Å²) in [7, 11) is -3.97. The highest BCUT2D eigenvalue weighted by molar-refractivity contribution is 7.89. The molecule has 1 aromatic heterocycles. The number of rotatable bonds is 4. The fourth-order valence-corrected chi connectivity index (χ4v) is 2.55. The van der Waals surface area contributed by atoms with E-state index in [2.05, 4.69) is 5.43 Å². The summed E-state index contributed by atoms with van der Waals surface area (Å²) in [5.41, 5.74) is 2.31. The summed E-state index contributed by atoms with van der Waals surface area (Å²) in [6, 6.07) is 5.71. The van der Waals surface area contributed by atoms with Crippen molar-refractivity contribution in [2.45, 2.75) is 18.7 Å². The molecule has 2 rings (SSSR count). The fraction of sp³-hybridized carbons (Fsp3) is 0.154. The van der Waals surface area contributed by atoms with E-state index in [-0.39, 0.29) is 10.5 Å². The molecule has 8 heteroatoms. The van der Waals surface area contributed by atoms with Gasteiger partial charge < -0.3 is 4.42 Å². The lowest BCUT2D eigenvalue weighted by atomic mass is 10.2. The smallest absolute Gasteiger partial charge is 0.269 e. The molecule has 0 atom stereocenters. The average molecular weight is 312 g/mol. The number of sulfonamides is 1. The monoisotopic (exact) mass is 312 g/mol. The van der Waals surface area contributed by atoms with Crippen LogP contribution in [0.3, 0.4) is 0 Å². The molecule has 21 heavy (non-hydrogen) atoms. The van der Waals surface area contributed by atoms with E-state index < -0.39 is 21.7 Å². The third-order valence-electron chi connectivity index (χ3n) is 2.71. The minimum atomic E-state index is -3.97. The zero-order chi connectivity index (χ0) is 15.6. The highest BCUT2D eigenvalue weighted by atomic mass is 32.2. The first-order valence-corrected chi connectivity index (χ1v) is 7.42. The molecule has 0 fully saturated rings. The van der Waals surface area contributed by atoms with Gasteiger partial charge in [0.05, 0.1) is 10.5 Å². The van der Waals surface area contributed by atoms with Crippen LogP contribution in [0.1, 0.15) is 21.9 Å². The van der Waals surface area contributed by atoms with Gasteiger partial charge in [-0.15, -0.1) is 4.83 Å². The van der Waals surface area contributed by atoms with Crippen LogP contribution in [0.25, 0.3) is 0 Å². The molecule has 0 spiro atoms. The molecule has 1 aromatic carbocycles. The molecule has 0 unspecified atom stereocenters. The number of furan rings is 1. The Morgan fingerprint density at radius 3 is 2.33 bits per heavy atom. The molecular formula is C13H13FN2O4S. The first-order valence-electron chi connectivity index (χ1n) is 5.94. The van der Waals surface area contributed by atoms with E-state index in [0.29, 0.717) is 11.5 Å². The minimum absolute atomic E-state index is 0.163. The predicted molar refractivity (Wildman–Crippen MR) is 72.4 cm³/mol. The predicted octanol–water partition coefficient (Wildman–Crippen LogP) is 1.66. The molecule has 0 aliphatic carbocycles. The van der Waals surface area contributed by atoms with E-state index in [1.807, 2.05) is 4.83 Å². The molecule has 0 bridgehead atoms. The number of hydrogen-bond acceptors (Lipinski definition) is 4. The van der Waals surface area contributed by atoms with Crippen LogP contribution in [0.15, 0.2) is 39.6 Å². The van der Waals surface area contributed by atoms with Gasteiger partial charge in [-0.05, 0) is 44.2 Å². The Morgan fingerprint density at radius 2 is 1.81 bits per heavy atom. The van der Waals surface area contributed by atoms with Crippen molar-refractivity contribution in [3.63, 3.8) is 0 Å². The molecule has 2 N–H and O–H groups in total. The normalized spacial score (nSPS) is 11.4. The molecule has 2 aromatic rings. The molecule has 0 saturated heterocycles. The zero-order valence-corrected chi connectivity index (χ0v) is 12.1. The summed E-state index contributed by atoms with van der Waals surface area (Å²) >= 11 is 0. The Hall–Kier alpha value is -2.19. The van der Waals surface area contributed by atoms with Crippen molar-refractivity contribution < 1.29 is 22.0 Å². The molecule has 0 aliphatic rings. The van der Waals surface area contributed by atoms with Gasteiger partial charge in [-0.25, -0.2) is 12.8 Å². The molecule has 1 heterocycles. The van der Waals surface area contributed by atoms with Crippen molar-refractivity contribution in [2.24, 2.45) is 0 Å². The Kier molecular flexibility index (Phi) is 4.10. The number of carbonyl (C=O) groups is 1.